The SMILES string of the molecule is O=C(O)/C(=C/c1cccc(Cl)c1)Sc1nnc(-c2ccccc2Cl)o1. The van der Waals surface area contributed by atoms with Crippen molar-refractivity contribution in [3.05, 3.63) is 69.0 Å². The minimum absolute atomic E-state index is 0.0247. The van der Waals surface area contributed by atoms with Crippen LogP contribution in [0.3, 0.4) is 0 Å². The average molecular weight is 393 g/mol. The number of nitrogens with zero attached hydrogens (tertiary/aromatic N) is 2. The molecule has 1 heterocycles. The zero-order chi connectivity index (χ0) is 17.8. The Morgan fingerprint density at radius 3 is 2.64 bits per heavy atom. The Morgan fingerprint density at radius 1 is 1.12 bits per heavy atom. The van der Waals surface area contributed by atoms with E-state index in [9.17, 15) is 9.90 Å². The fourth-order valence-corrected chi connectivity index (χ4v) is 3.06. The van der Waals surface area contributed by atoms with Crippen molar-refractivity contribution >= 4 is 47.0 Å². The molecule has 0 atom stereocenters. The van der Waals surface area contributed by atoms with Gasteiger partial charge >= 0.3 is 5.97 Å². The molecule has 0 saturated heterocycles. The van der Waals surface area contributed by atoms with Crippen LogP contribution in [0.5, 0.6) is 0 Å². The van der Waals surface area contributed by atoms with Gasteiger partial charge in [-0.05, 0) is 47.7 Å². The highest BCUT2D eigenvalue weighted by Gasteiger charge is 2.17. The number of carboxylic acids is 1. The fraction of sp³-hybridized carbons (Fsp3) is 0. The highest BCUT2D eigenvalue weighted by Crippen LogP contribution is 2.32. The highest BCUT2D eigenvalue weighted by molar-refractivity contribution is 8.03. The van der Waals surface area contributed by atoms with E-state index >= 15 is 0 Å². The summed E-state index contributed by atoms with van der Waals surface area (Å²) in [5.74, 6) is -0.886. The van der Waals surface area contributed by atoms with E-state index in [-0.39, 0.29) is 16.0 Å². The van der Waals surface area contributed by atoms with Crippen molar-refractivity contribution in [1.29, 1.82) is 0 Å². The Morgan fingerprint density at radius 2 is 1.92 bits per heavy atom. The topological polar surface area (TPSA) is 76.2 Å². The summed E-state index contributed by atoms with van der Waals surface area (Å²) in [6, 6.07) is 13.9. The van der Waals surface area contributed by atoms with E-state index in [4.69, 9.17) is 27.6 Å². The van der Waals surface area contributed by atoms with Crippen molar-refractivity contribution in [1.82, 2.24) is 10.2 Å². The molecule has 126 valence electrons. The van der Waals surface area contributed by atoms with Crippen LogP contribution in [-0.4, -0.2) is 21.3 Å². The lowest BCUT2D eigenvalue weighted by molar-refractivity contribution is -0.131. The van der Waals surface area contributed by atoms with Gasteiger partial charge in [-0.25, -0.2) is 4.79 Å². The first-order chi connectivity index (χ1) is 12.0. The first-order valence-electron chi connectivity index (χ1n) is 7.00. The van der Waals surface area contributed by atoms with Crippen LogP contribution in [0.1, 0.15) is 5.56 Å². The summed E-state index contributed by atoms with van der Waals surface area (Å²) in [6.45, 7) is 0. The molecule has 1 aromatic heterocycles. The third-order valence-electron chi connectivity index (χ3n) is 3.07. The second-order valence-electron chi connectivity index (χ2n) is 4.82. The van der Waals surface area contributed by atoms with E-state index in [1.165, 1.54) is 6.08 Å². The van der Waals surface area contributed by atoms with Gasteiger partial charge in [-0.2, -0.15) is 0 Å². The molecule has 0 aliphatic heterocycles. The van der Waals surface area contributed by atoms with Gasteiger partial charge < -0.3 is 9.52 Å². The first-order valence-corrected chi connectivity index (χ1v) is 8.57. The van der Waals surface area contributed by atoms with Gasteiger partial charge in [-0.15, -0.1) is 10.2 Å². The van der Waals surface area contributed by atoms with Crippen LogP contribution >= 0.6 is 35.0 Å². The van der Waals surface area contributed by atoms with Crippen LogP contribution in [0.4, 0.5) is 0 Å². The van der Waals surface area contributed by atoms with E-state index < -0.39 is 5.97 Å². The molecule has 0 amide bonds. The molecule has 0 saturated carbocycles. The fourth-order valence-electron chi connectivity index (χ4n) is 1.97. The average Bonchev–Trinajstić information content (AvgIpc) is 3.03. The molecule has 25 heavy (non-hydrogen) atoms. The van der Waals surface area contributed by atoms with E-state index in [0.29, 0.717) is 21.2 Å². The maximum atomic E-state index is 11.5. The van der Waals surface area contributed by atoms with E-state index in [1.807, 2.05) is 0 Å². The summed E-state index contributed by atoms with van der Waals surface area (Å²) in [6.07, 6.45) is 1.48. The standard InChI is InChI=1S/C17H10Cl2N2O3S/c18-11-5-3-4-10(8-11)9-14(16(22)23)25-17-21-20-15(24-17)12-6-1-2-7-13(12)19/h1-9H,(H,22,23)/b14-9-. The minimum atomic E-state index is -1.11. The van der Waals surface area contributed by atoms with Gasteiger partial charge in [0.2, 0.25) is 5.89 Å². The maximum absolute atomic E-state index is 11.5. The molecular weight excluding hydrogens is 383 g/mol. The zero-order valence-corrected chi connectivity index (χ0v) is 14.8. The third kappa shape index (κ3) is 4.42. The van der Waals surface area contributed by atoms with Crippen molar-refractivity contribution in [2.75, 3.05) is 0 Å². The van der Waals surface area contributed by atoms with Crippen molar-refractivity contribution in [2.24, 2.45) is 0 Å². The molecule has 8 heteroatoms. The molecule has 1 N–H and O–H groups in total. The lowest BCUT2D eigenvalue weighted by Crippen LogP contribution is -1.96. The summed E-state index contributed by atoms with van der Waals surface area (Å²) >= 11 is 12.9. The van der Waals surface area contributed by atoms with Gasteiger partial charge in [0.25, 0.3) is 5.22 Å². The Labute approximate surface area is 157 Å². The second-order valence-corrected chi connectivity index (χ2v) is 6.66. The molecule has 0 aliphatic rings. The molecule has 2 aromatic carbocycles. The second kappa shape index (κ2) is 7.74. The van der Waals surface area contributed by atoms with Crippen LogP contribution in [0.2, 0.25) is 10.0 Å². The maximum Gasteiger partial charge on any atom is 0.342 e. The van der Waals surface area contributed by atoms with Crippen molar-refractivity contribution in [3.8, 4) is 11.5 Å². The number of halogens is 2. The van der Waals surface area contributed by atoms with Gasteiger partial charge in [0.05, 0.1) is 10.6 Å². The number of aromatic nitrogens is 2. The number of carboxylic acid groups (broad SMARTS) is 1. The lowest BCUT2D eigenvalue weighted by Gasteiger charge is -2.00. The van der Waals surface area contributed by atoms with Crippen LogP contribution in [0.15, 0.2) is 63.1 Å². The molecule has 3 rings (SSSR count). The number of hydrogen-bond acceptors (Lipinski definition) is 5. The van der Waals surface area contributed by atoms with Crippen molar-refractivity contribution in [3.63, 3.8) is 0 Å². The number of benzene rings is 2. The Bertz CT molecular complexity index is 956. The van der Waals surface area contributed by atoms with E-state index in [2.05, 4.69) is 10.2 Å². The molecular formula is C17H10Cl2N2O3S. The van der Waals surface area contributed by atoms with E-state index in [1.54, 1.807) is 48.5 Å². The Kier molecular flexibility index (Phi) is 5.43. The molecule has 5 nitrogen and oxygen atoms in total. The smallest absolute Gasteiger partial charge is 0.342 e. The monoisotopic (exact) mass is 392 g/mol. The van der Waals surface area contributed by atoms with Crippen LogP contribution in [0, 0.1) is 0 Å². The van der Waals surface area contributed by atoms with Gasteiger partial charge in [-0.3, -0.25) is 0 Å². The highest BCUT2D eigenvalue weighted by atomic mass is 35.5. The lowest BCUT2D eigenvalue weighted by atomic mass is 10.2. The quantitative estimate of drug-likeness (QED) is 0.471. The minimum Gasteiger partial charge on any atom is -0.477 e. The van der Waals surface area contributed by atoms with Crippen molar-refractivity contribution < 1.29 is 14.3 Å². The molecule has 3 aromatic rings. The predicted octanol–water partition coefficient (Wildman–Crippen LogP) is 5.26. The summed E-state index contributed by atoms with van der Waals surface area (Å²) in [4.78, 5) is 11.5. The summed E-state index contributed by atoms with van der Waals surface area (Å²) < 4.78 is 5.52. The normalized spacial score (nSPS) is 11.5. The summed E-state index contributed by atoms with van der Waals surface area (Å²) in [5, 5.41) is 18.3. The number of aliphatic carboxylic acids is 1. The number of hydrogen-bond donors (Lipinski definition) is 1. The molecule has 0 bridgehead atoms. The van der Waals surface area contributed by atoms with Gasteiger partial charge in [0.1, 0.15) is 4.91 Å². The van der Waals surface area contributed by atoms with Gasteiger partial charge in [0.15, 0.2) is 0 Å². The third-order valence-corrected chi connectivity index (χ3v) is 4.48. The van der Waals surface area contributed by atoms with Crippen molar-refractivity contribution in [2.45, 2.75) is 5.22 Å². The largest absolute Gasteiger partial charge is 0.477 e. The number of rotatable bonds is 5. The predicted molar refractivity (Wildman–Crippen MR) is 97.7 cm³/mol. The van der Waals surface area contributed by atoms with E-state index in [0.717, 1.165) is 11.8 Å². The number of carbonyl (C=O) groups is 1. The molecule has 0 spiro atoms. The summed E-state index contributed by atoms with van der Waals surface area (Å²) in [7, 11) is 0. The molecule has 0 fully saturated rings. The molecule has 0 unspecified atom stereocenters. The Hall–Kier alpha value is -2.28. The zero-order valence-electron chi connectivity index (χ0n) is 12.5. The van der Waals surface area contributed by atoms with Gasteiger partial charge in [-0.1, -0.05) is 47.5 Å². The first kappa shape index (κ1) is 17.5. The number of thioether (sulfide) groups is 1. The molecule has 0 radical (unpaired) electrons. The molecule has 0 aliphatic carbocycles. The van der Waals surface area contributed by atoms with Crippen LogP contribution in [0.25, 0.3) is 17.5 Å². The summed E-state index contributed by atoms with van der Waals surface area (Å²) in [5.41, 5.74) is 1.24. The van der Waals surface area contributed by atoms with Crippen LogP contribution in [-0.2, 0) is 4.79 Å². The Balaban J connectivity index is 1.87. The van der Waals surface area contributed by atoms with Gasteiger partial charge in [0, 0.05) is 5.02 Å². The van der Waals surface area contributed by atoms with Crippen LogP contribution < -0.4 is 0 Å².